The van der Waals surface area contributed by atoms with Gasteiger partial charge in [0.05, 0.1) is 31.3 Å². The molecule has 0 spiro atoms. The number of aliphatic hydroxyl groups excluding tert-OH is 3. The summed E-state index contributed by atoms with van der Waals surface area (Å²) >= 11 is 3.59. The maximum absolute atomic E-state index is 14.0. The number of benzene rings is 1. The number of anilines is 1. The second-order valence-corrected chi connectivity index (χ2v) is 8.90. The highest BCUT2D eigenvalue weighted by Crippen LogP contribution is 2.31. The van der Waals surface area contributed by atoms with Crippen LogP contribution in [0.4, 0.5) is 18.6 Å². The second kappa shape index (κ2) is 14.0. The maximum Gasteiger partial charge on any atom is 0.320 e. The Bertz CT molecular complexity index is 1060. The molecule has 0 bridgehead atoms. The summed E-state index contributed by atoms with van der Waals surface area (Å²) in [6.07, 6.45) is -1.66. The third-order valence-corrected chi connectivity index (χ3v) is 5.80. The monoisotopic (exact) mass is 595 g/mol. The van der Waals surface area contributed by atoms with Crippen LogP contribution in [0.1, 0.15) is 22.3 Å². The van der Waals surface area contributed by atoms with Gasteiger partial charge in [-0.3, -0.25) is 14.9 Å². The van der Waals surface area contributed by atoms with Gasteiger partial charge in [-0.2, -0.15) is 4.37 Å². The number of aromatic nitrogens is 1. The molecule has 0 saturated carbocycles. The number of nitrogens with zero attached hydrogens (tertiary/aromatic N) is 2. The standard InChI is InChI=1S/C20H24BrF2N5O7S/c21-10-5-13(22)12(14(23)6-10)9-35-18-16(17(24)33)19(36-27-18)26-20(34)25-8-11(31)7-15(32)28(1-3-29)2-4-30/h5-6,11,29-31H,1-4,7-9H2,(H2,24,33)(H2,25,26,34). The molecule has 1 aromatic heterocycles. The zero-order valence-electron chi connectivity index (χ0n) is 18.7. The number of hydrogen-bond donors (Lipinski definition) is 6. The lowest BCUT2D eigenvalue weighted by atomic mass is 10.2. The summed E-state index contributed by atoms with van der Waals surface area (Å²) in [5.74, 6) is -3.68. The van der Waals surface area contributed by atoms with Crippen molar-refractivity contribution < 1.29 is 43.2 Å². The number of rotatable bonds is 13. The zero-order valence-corrected chi connectivity index (χ0v) is 21.1. The summed E-state index contributed by atoms with van der Waals surface area (Å²) in [6.45, 7) is -1.64. The predicted octanol–water partition coefficient (Wildman–Crippen LogP) is 0.547. The first-order valence-corrected chi connectivity index (χ1v) is 11.9. The second-order valence-electron chi connectivity index (χ2n) is 7.21. The number of ether oxygens (including phenoxy) is 1. The van der Waals surface area contributed by atoms with E-state index in [9.17, 15) is 28.3 Å². The molecule has 1 heterocycles. The van der Waals surface area contributed by atoms with Crippen LogP contribution in [0, 0.1) is 11.6 Å². The molecule has 2 rings (SSSR count). The topological polar surface area (TPSA) is 187 Å². The fourth-order valence-electron chi connectivity index (χ4n) is 2.89. The molecule has 0 aliphatic carbocycles. The average Bonchev–Trinajstić information content (AvgIpc) is 3.19. The lowest BCUT2D eigenvalue weighted by Crippen LogP contribution is -2.41. The Balaban J connectivity index is 1.97. The number of hydrogen-bond acceptors (Lipinski definition) is 9. The molecule has 2 aromatic rings. The molecule has 12 nitrogen and oxygen atoms in total. The van der Waals surface area contributed by atoms with E-state index >= 15 is 0 Å². The number of nitrogens with two attached hydrogens (primary N) is 1. The van der Waals surface area contributed by atoms with Gasteiger partial charge < -0.3 is 36.0 Å². The highest BCUT2D eigenvalue weighted by molar-refractivity contribution is 9.10. The minimum atomic E-state index is -1.28. The molecule has 0 saturated heterocycles. The van der Waals surface area contributed by atoms with Crippen LogP contribution in [-0.2, 0) is 11.4 Å². The van der Waals surface area contributed by atoms with Crippen LogP contribution < -0.4 is 21.1 Å². The number of halogens is 3. The van der Waals surface area contributed by atoms with Crippen molar-refractivity contribution >= 4 is 50.3 Å². The summed E-state index contributed by atoms with van der Waals surface area (Å²) in [5, 5.41) is 32.5. The number of aliphatic hydroxyl groups is 3. The smallest absolute Gasteiger partial charge is 0.320 e. The van der Waals surface area contributed by atoms with E-state index in [0.29, 0.717) is 11.5 Å². The van der Waals surface area contributed by atoms with E-state index in [1.54, 1.807) is 0 Å². The summed E-state index contributed by atoms with van der Waals surface area (Å²) < 4.78 is 37.3. The van der Waals surface area contributed by atoms with Crippen LogP contribution in [0.5, 0.6) is 5.88 Å². The van der Waals surface area contributed by atoms with Gasteiger partial charge in [-0.1, -0.05) is 15.9 Å². The van der Waals surface area contributed by atoms with Crippen molar-refractivity contribution in [3.05, 3.63) is 39.4 Å². The number of primary amides is 1. The van der Waals surface area contributed by atoms with E-state index in [-0.39, 0.29) is 60.2 Å². The molecule has 1 unspecified atom stereocenters. The molecule has 1 aromatic carbocycles. The first-order valence-electron chi connectivity index (χ1n) is 10.3. The van der Waals surface area contributed by atoms with Crippen LogP contribution in [0.25, 0.3) is 0 Å². The van der Waals surface area contributed by atoms with Crippen molar-refractivity contribution in [3.8, 4) is 5.88 Å². The minimum absolute atomic E-state index is 0.0210. The molecule has 0 fully saturated rings. The first-order chi connectivity index (χ1) is 17.1. The van der Waals surface area contributed by atoms with Crippen molar-refractivity contribution in [2.24, 2.45) is 5.73 Å². The Labute approximate surface area is 216 Å². The molecule has 198 valence electrons. The Morgan fingerprint density at radius 2 is 1.81 bits per heavy atom. The molecule has 16 heteroatoms. The molecule has 0 radical (unpaired) electrons. The van der Waals surface area contributed by atoms with Crippen molar-refractivity contribution in [2.75, 3.05) is 38.2 Å². The van der Waals surface area contributed by atoms with E-state index < -0.39 is 47.8 Å². The van der Waals surface area contributed by atoms with Crippen molar-refractivity contribution in [1.82, 2.24) is 14.6 Å². The van der Waals surface area contributed by atoms with Gasteiger partial charge in [-0.25, -0.2) is 13.6 Å². The average molecular weight is 596 g/mol. The summed E-state index contributed by atoms with van der Waals surface area (Å²) in [7, 11) is 0. The van der Waals surface area contributed by atoms with Gasteiger partial charge in [0.25, 0.3) is 5.91 Å². The minimum Gasteiger partial charge on any atom is -0.471 e. The van der Waals surface area contributed by atoms with Crippen LogP contribution in [0.3, 0.4) is 0 Å². The lowest BCUT2D eigenvalue weighted by Gasteiger charge is -2.22. The molecule has 36 heavy (non-hydrogen) atoms. The van der Waals surface area contributed by atoms with Gasteiger partial charge in [0.15, 0.2) is 0 Å². The maximum atomic E-state index is 14.0. The molecular weight excluding hydrogens is 572 g/mol. The van der Waals surface area contributed by atoms with Gasteiger partial charge in [0.1, 0.15) is 28.8 Å². The van der Waals surface area contributed by atoms with Gasteiger partial charge in [0.2, 0.25) is 11.8 Å². The fourth-order valence-corrected chi connectivity index (χ4v) is 4.03. The molecule has 0 aliphatic rings. The SMILES string of the molecule is NC(=O)c1c(OCc2c(F)cc(Br)cc2F)nsc1NC(=O)NCC(O)CC(=O)N(CCO)CCO. The lowest BCUT2D eigenvalue weighted by molar-refractivity contribution is -0.134. The quantitative estimate of drug-likeness (QED) is 0.193. The Morgan fingerprint density at radius 1 is 1.19 bits per heavy atom. The third kappa shape index (κ3) is 8.34. The Kier molecular flexibility index (Phi) is 11.4. The highest BCUT2D eigenvalue weighted by atomic mass is 79.9. The largest absolute Gasteiger partial charge is 0.471 e. The number of nitrogens with one attached hydrogen (secondary N) is 2. The predicted molar refractivity (Wildman–Crippen MR) is 127 cm³/mol. The molecule has 4 amide bonds. The van der Waals surface area contributed by atoms with E-state index in [1.807, 2.05) is 0 Å². The van der Waals surface area contributed by atoms with Crippen molar-refractivity contribution in [3.63, 3.8) is 0 Å². The van der Waals surface area contributed by atoms with Gasteiger partial charge in [0, 0.05) is 24.1 Å². The first kappa shape index (κ1) is 29.3. The fraction of sp³-hybridized carbons (Fsp3) is 0.400. The Morgan fingerprint density at radius 3 is 2.36 bits per heavy atom. The summed E-state index contributed by atoms with van der Waals surface area (Å²) in [6, 6.07) is 1.20. The normalized spacial score (nSPS) is 11.6. The molecular formula is C20H24BrF2N5O7S. The number of carbonyl (C=O) groups excluding carboxylic acids is 3. The molecule has 7 N–H and O–H groups in total. The van der Waals surface area contributed by atoms with Crippen LogP contribution in [-0.4, -0.2) is 81.4 Å². The number of amides is 4. The highest BCUT2D eigenvalue weighted by Gasteiger charge is 2.24. The number of carbonyl (C=O) groups is 3. The van der Waals surface area contributed by atoms with E-state index in [0.717, 1.165) is 17.0 Å². The van der Waals surface area contributed by atoms with Crippen LogP contribution in [0.2, 0.25) is 0 Å². The van der Waals surface area contributed by atoms with E-state index in [1.165, 1.54) is 0 Å². The van der Waals surface area contributed by atoms with Gasteiger partial charge in [-0.05, 0) is 23.7 Å². The zero-order chi connectivity index (χ0) is 26.8. The third-order valence-electron chi connectivity index (χ3n) is 4.59. The van der Waals surface area contributed by atoms with Gasteiger partial charge >= 0.3 is 6.03 Å². The van der Waals surface area contributed by atoms with E-state index in [4.69, 9.17) is 20.7 Å². The van der Waals surface area contributed by atoms with Crippen molar-refractivity contribution in [2.45, 2.75) is 19.1 Å². The number of urea groups is 1. The molecule has 0 aliphatic heterocycles. The summed E-state index contributed by atoms with van der Waals surface area (Å²) in [5.41, 5.74) is 4.61. The molecule has 1 atom stereocenters. The van der Waals surface area contributed by atoms with Crippen molar-refractivity contribution in [1.29, 1.82) is 0 Å². The Hall–Kier alpha value is -2.92. The van der Waals surface area contributed by atoms with Crippen LogP contribution >= 0.6 is 27.5 Å². The summed E-state index contributed by atoms with van der Waals surface area (Å²) in [4.78, 5) is 37.4. The van der Waals surface area contributed by atoms with E-state index in [2.05, 4.69) is 30.9 Å². The van der Waals surface area contributed by atoms with Gasteiger partial charge in [-0.15, -0.1) is 0 Å². The van der Waals surface area contributed by atoms with Crippen LogP contribution in [0.15, 0.2) is 16.6 Å².